The summed E-state index contributed by atoms with van der Waals surface area (Å²) in [4.78, 5) is 19.7. The van der Waals surface area contributed by atoms with Crippen molar-refractivity contribution in [1.29, 1.82) is 0 Å². The summed E-state index contributed by atoms with van der Waals surface area (Å²) < 4.78 is 12.0. The quantitative estimate of drug-likeness (QED) is 0.861. The van der Waals surface area contributed by atoms with Crippen LogP contribution in [0.4, 0.5) is 4.79 Å². The van der Waals surface area contributed by atoms with Gasteiger partial charge in [-0.25, -0.2) is 4.79 Å². The molecule has 5 nitrogen and oxygen atoms in total. The zero-order valence-electron chi connectivity index (χ0n) is 13.9. The van der Waals surface area contributed by atoms with Crippen LogP contribution in [0.2, 0.25) is 0 Å². The number of nitrogens with zero attached hydrogens (tertiary/aromatic N) is 2. The molecule has 25 heavy (non-hydrogen) atoms. The number of unbranched alkanes of at least 4 members (excludes halogenated alkanes) is 1. The van der Waals surface area contributed by atoms with Gasteiger partial charge in [0, 0.05) is 5.56 Å². The lowest BCUT2D eigenvalue weighted by atomic mass is 9.99. The van der Waals surface area contributed by atoms with E-state index in [9.17, 15) is 4.79 Å². The maximum atomic E-state index is 11.7. The van der Waals surface area contributed by atoms with E-state index in [-0.39, 0.29) is 6.10 Å². The number of carbonyl (C=O) groups excluding carboxylic acids is 1. The van der Waals surface area contributed by atoms with Crippen LogP contribution in [-0.4, -0.2) is 12.6 Å². The van der Waals surface area contributed by atoms with Gasteiger partial charge < -0.3 is 9.47 Å². The Kier molecular flexibility index (Phi) is 4.06. The minimum absolute atomic E-state index is 0.337. The van der Waals surface area contributed by atoms with E-state index in [4.69, 9.17) is 9.47 Å². The second-order valence-electron chi connectivity index (χ2n) is 6.00. The van der Waals surface area contributed by atoms with E-state index in [0.717, 1.165) is 29.7 Å². The smallest absolute Gasteiger partial charge is 0.368 e. The molecule has 2 aliphatic rings. The Morgan fingerprint density at radius 1 is 1.16 bits per heavy atom. The van der Waals surface area contributed by atoms with E-state index in [1.807, 2.05) is 36.4 Å². The topological polar surface area (TPSA) is 60.2 Å². The van der Waals surface area contributed by atoms with Crippen molar-refractivity contribution >= 4 is 12.1 Å². The minimum atomic E-state index is -0.469. The molecule has 0 saturated carbocycles. The molecule has 4 rings (SSSR count). The first-order valence-corrected chi connectivity index (χ1v) is 8.45. The fraction of sp³-hybridized carbons (Fsp3) is 0.250. The van der Waals surface area contributed by atoms with Gasteiger partial charge in [-0.1, -0.05) is 43.7 Å². The van der Waals surface area contributed by atoms with Crippen LogP contribution in [-0.2, 0) is 0 Å². The molecule has 2 aromatic rings. The van der Waals surface area contributed by atoms with Crippen molar-refractivity contribution in [3.8, 4) is 11.5 Å². The highest BCUT2D eigenvalue weighted by Crippen LogP contribution is 2.36. The van der Waals surface area contributed by atoms with Gasteiger partial charge >= 0.3 is 6.03 Å². The fourth-order valence-electron chi connectivity index (χ4n) is 3.07. The van der Waals surface area contributed by atoms with Gasteiger partial charge in [-0.2, -0.15) is 9.98 Å². The summed E-state index contributed by atoms with van der Waals surface area (Å²) in [5.41, 5.74) is 1.84. The predicted octanol–water partition coefficient (Wildman–Crippen LogP) is 3.39. The van der Waals surface area contributed by atoms with E-state index in [1.165, 1.54) is 0 Å². The van der Waals surface area contributed by atoms with Crippen molar-refractivity contribution in [3.05, 3.63) is 64.3 Å². The number of hydrogen-bond acceptors (Lipinski definition) is 3. The first-order chi connectivity index (χ1) is 12.3. The number of amides is 2. The summed E-state index contributed by atoms with van der Waals surface area (Å²) in [6.45, 7) is 2.50. The highest BCUT2D eigenvalue weighted by molar-refractivity contribution is 5.78. The Balaban J connectivity index is 1.81. The highest BCUT2D eigenvalue weighted by atomic mass is 16.6. The summed E-state index contributed by atoms with van der Waals surface area (Å²) >= 11 is 0. The van der Waals surface area contributed by atoms with E-state index in [2.05, 4.69) is 29.1 Å². The lowest BCUT2D eigenvalue weighted by Gasteiger charge is -2.27. The van der Waals surface area contributed by atoms with Crippen molar-refractivity contribution in [3.63, 3.8) is 0 Å². The third kappa shape index (κ3) is 2.93. The molecule has 2 aliphatic heterocycles. The van der Waals surface area contributed by atoms with Crippen molar-refractivity contribution in [1.82, 2.24) is 0 Å². The third-order valence-electron chi connectivity index (χ3n) is 4.24. The standard InChI is InChI=1S/C20H18N2O3/c1-2-3-4-7-13-10-11-14-19(22-20(23)21-14)18(13)17-12-24-15-8-5-6-9-16(15)25-17/h4-11,17H,2-3,12H2,1H3. The lowest BCUT2D eigenvalue weighted by molar-refractivity contribution is 0.0902. The molecule has 0 saturated heterocycles. The van der Waals surface area contributed by atoms with Crippen LogP contribution in [0.5, 0.6) is 11.5 Å². The maximum Gasteiger partial charge on any atom is 0.368 e. The average Bonchev–Trinajstić information content (AvgIpc) is 3.01. The third-order valence-corrected chi connectivity index (χ3v) is 4.24. The van der Waals surface area contributed by atoms with Gasteiger partial charge in [-0.05, 0) is 30.2 Å². The largest absolute Gasteiger partial charge is 0.485 e. The number of allylic oxidation sites excluding steroid dienone is 1. The second kappa shape index (κ2) is 6.51. The van der Waals surface area contributed by atoms with Crippen LogP contribution < -0.4 is 20.2 Å². The molecule has 0 aliphatic carbocycles. The molecule has 1 unspecified atom stereocenters. The summed E-state index contributed by atoms with van der Waals surface area (Å²) in [7, 11) is 0. The van der Waals surface area contributed by atoms with E-state index in [0.29, 0.717) is 23.1 Å². The SMILES string of the molecule is CCCC=Cc1ccc2c(c1C1COc3ccccc3O1)=NC(=O)N=2. The Hall–Kier alpha value is -2.95. The molecular weight excluding hydrogens is 316 g/mol. The van der Waals surface area contributed by atoms with Crippen molar-refractivity contribution in [2.24, 2.45) is 9.98 Å². The van der Waals surface area contributed by atoms with E-state index < -0.39 is 6.03 Å². The second-order valence-corrected chi connectivity index (χ2v) is 6.00. The van der Waals surface area contributed by atoms with Crippen LogP contribution in [0.25, 0.3) is 6.08 Å². The number of para-hydroxylation sites is 2. The predicted molar refractivity (Wildman–Crippen MR) is 93.4 cm³/mol. The van der Waals surface area contributed by atoms with Gasteiger partial charge in [0.15, 0.2) is 17.6 Å². The summed E-state index contributed by atoms with van der Waals surface area (Å²) in [5, 5.41) is 1.19. The molecule has 0 spiro atoms. The van der Waals surface area contributed by atoms with Crippen LogP contribution in [0.15, 0.2) is 52.5 Å². The number of ether oxygens (including phenoxy) is 2. The first-order valence-electron chi connectivity index (χ1n) is 8.45. The summed E-state index contributed by atoms with van der Waals surface area (Å²) in [6, 6.07) is 10.9. The van der Waals surface area contributed by atoms with Crippen LogP contribution in [0.3, 0.4) is 0 Å². The Morgan fingerprint density at radius 3 is 2.84 bits per heavy atom. The molecule has 0 fully saturated rings. The maximum absolute atomic E-state index is 11.7. The minimum Gasteiger partial charge on any atom is -0.485 e. The van der Waals surface area contributed by atoms with Gasteiger partial charge in [-0.15, -0.1) is 0 Å². The summed E-state index contributed by atoms with van der Waals surface area (Å²) in [6.07, 6.45) is 5.90. The number of benzene rings is 2. The lowest BCUT2D eigenvalue weighted by Crippen LogP contribution is -2.34. The number of carbonyl (C=O) groups is 1. The molecule has 126 valence electrons. The molecule has 2 heterocycles. The van der Waals surface area contributed by atoms with Crippen LogP contribution in [0, 0.1) is 0 Å². The Morgan fingerprint density at radius 2 is 2.00 bits per heavy atom. The fourth-order valence-corrected chi connectivity index (χ4v) is 3.07. The molecule has 0 bridgehead atoms. The van der Waals surface area contributed by atoms with Crippen LogP contribution in [0.1, 0.15) is 37.0 Å². The molecule has 1 atom stereocenters. The normalized spacial score (nSPS) is 18.0. The van der Waals surface area contributed by atoms with Crippen molar-refractivity contribution < 1.29 is 14.3 Å². The Labute approximate surface area is 145 Å². The molecule has 0 radical (unpaired) electrons. The zero-order chi connectivity index (χ0) is 17.2. The van der Waals surface area contributed by atoms with Crippen molar-refractivity contribution in [2.45, 2.75) is 25.9 Å². The average molecular weight is 334 g/mol. The first kappa shape index (κ1) is 15.6. The Bertz CT molecular complexity index is 979. The van der Waals surface area contributed by atoms with E-state index in [1.54, 1.807) is 0 Å². The van der Waals surface area contributed by atoms with E-state index >= 15 is 0 Å². The van der Waals surface area contributed by atoms with Crippen molar-refractivity contribution in [2.75, 3.05) is 6.61 Å². The monoisotopic (exact) mass is 334 g/mol. The van der Waals surface area contributed by atoms with Gasteiger partial charge in [0.2, 0.25) is 0 Å². The molecule has 2 amide bonds. The number of urea groups is 1. The van der Waals surface area contributed by atoms with Gasteiger partial charge in [0.05, 0.1) is 5.36 Å². The van der Waals surface area contributed by atoms with Gasteiger partial charge in [0.1, 0.15) is 12.0 Å². The molecule has 5 heteroatoms. The molecule has 0 N–H and O–H groups in total. The number of rotatable bonds is 4. The molecule has 2 aromatic carbocycles. The number of hydrogen-bond donors (Lipinski definition) is 0. The summed E-state index contributed by atoms with van der Waals surface area (Å²) in [5.74, 6) is 1.42. The molecule has 0 aromatic heterocycles. The van der Waals surface area contributed by atoms with Gasteiger partial charge in [-0.3, -0.25) is 0 Å². The molecular formula is C20H18N2O3. The zero-order valence-corrected chi connectivity index (χ0v) is 13.9. The number of fused-ring (bicyclic) bond motifs is 2. The highest BCUT2D eigenvalue weighted by Gasteiger charge is 2.27. The van der Waals surface area contributed by atoms with Crippen LogP contribution >= 0.6 is 0 Å². The van der Waals surface area contributed by atoms with Gasteiger partial charge in [0.25, 0.3) is 0 Å².